The highest BCUT2D eigenvalue weighted by Crippen LogP contribution is 2.63. The normalized spacial score (nSPS) is 13.0. The highest BCUT2D eigenvalue weighted by atomic mass is 16.3. The predicted molar refractivity (Wildman–Crippen MR) is 273 cm³/mol. The van der Waals surface area contributed by atoms with Crippen LogP contribution in [0.4, 0.5) is 17.1 Å². The predicted octanol–water partition coefficient (Wildman–Crippen LogP) is 17.0. The molecule has 1 heterocycles. The second kappa shape index (κ2) is 14.6. The summed E-state index contributed by atoms with van der Waals surface area (Å²) in [7, 11) is 0. The molecule has 0 atom stereocenters. The van der Waals surface area contributed by atoms with Gasteiger partial charge in [0.2, 0.25) is 0 Å². The van der Waals surface area contributed by atoms with Crippen molar-refractivity contribution < 1.29 is 4.42 Å². The minimum absolute atomic E-state index is 0.471. The quantitative estimate of drug-likeness (QED) is 0.159. The van der Waals surface area contributed by atoms with Crippen molar-refractivity contribution in [1.82, 2.24) is 0 Å². The van der Waals surface area contributed by atoms with Crippen LogP contribution in [0.3, 0.4) is 0 Å². The lowest BCUT2D eigenvalue weighted by Crippen LogP contribution is -2.26. The molecule has 2 heteroatoms. The molecule has 0 saturated carbocycles. The molecule has 2 aliphatic rings. The van der Waals surface area contributed by atoms with E-state index in [2.05, 4.69) is 242 Å². The Bertz CT molecular complexity index is 3710. The van der Waals surface area contributed by atoms with Gasteiger partial charge in [-0.15, -0.1) is 0 Å². The number of para-hydroxylation sites is 1. The minimum atomic E-state index is -0.471. The minimum Gasteiger partial charge on any atom is -0.455 e. The second-order valence-corrected chi connectivity index (χ2v) is 17.2. The maximum Gasteiger partial charge on any atom is 0.143 e. The van der Waals surface area contributed by atoms with Gasteiger partial charge in [0.05, 0.1) is 11.1 Å². The summed E-state index contributed by atoms with van der Waals surface area (Å²) in [4.78, 5) is 2.45. The van der Waals surface area contributed by atoms with Crippen LogP contribution >= 0.6 is 0 Å². The lowest BCUT2D eigenvalue weighted by atomic mass is 9.70. The van der Waals surface area contributed by atoms with Gasteiger partial charge in [-0.1, -0.05) is 189 Å². The Morgan fingerprint density at radius 3 is 1.77 bits per heavy atom. The summed E-state index contributed by atoms with van der Waals surface area (Å²) < 4.78 is 6.53. The maximum absolute atomic E-state index is 6.53. The largest absolute Gasteiger partial charge is 0.455 e. The zero-order valence-corrected chi connectivity index (χ0v) is 35.6. The Kier molecular flexibility index (Phi) is 8.31. The van der Waals surface area contributed by atoms with Crippen LogP contribution in [0.5, 0.6) is 0 Å². The van der Waals surface area contributed by atoms with E-state index in [0.29, 0.717) is 0 Å². The van der Waals surface area contributed by atoms with Crippen LogP contribution in [0, 0.1) is 0 Å². The number of hydrogen-bond acceptors (Lipinski definition) is 2. The first-order chi connectivity index (χ1) is 32.2. The Morgan fingerprint density at radius 2 is 1.02 bits per heavy atom. The number of nitrogens with zero attached hydrogens (tertiary/aromatic N) is 1. The highest BCUT2D eigenvalue weighted by Gasteiger charge is 2.51. The van der Waals surface area contributed by atoms with Crippen molar-refractivity contribution in [3.05, 3.63) is 264 Å². The third kappa shape index (κ3) is 5.54. The van der Waals surface area contributed by atoms with Gasteiger partial charge in [0.15, 0.2) is 0 Å². The lowest BCUT2D eigenvalue weighted by molar-refractivity contribution is 0.607. The van der Waals surface area contributed by atoms with E-state index in [1.165, 1.54) is 60.8 Å². The molecule has 0 aliphatic heterocycles. The summed E-state index contributed by atoms with van der Waals surface area (Å²) in [6, 6.07) is 80.0. The molecule has 0 fully saturated rings. The Labute approximate surface area is 378 Å². The van der Waals surface area contributed by atoms with Crippen LogP contribution in [-0.2, 0) is 5.41 Å². The fraction of sp³-hybridized carbons (Fsp3) is 0.0159. The van der Waals surface area contributed by atoms with E-state index in [1.807, 2.05) is 6.08 Å². The number of rotatable bonds is 7. The molecule has 304 valence electrons. The van der Waals surface area contributed by atoms with Crippen LogP contribution < -0.4 is 4.90 Å². The molecule has 0 radical (unpaired) electrons. The summed E-state index contributed by atoms with van der Waals surface area (Å²) in [6.07, 6.45) is 6.25. The third-order valence-corrected chi connectivity index (χ3v) is 13.9. The number of benzene rings is 10. The highest BCUT2D eigenvalue weighted by molar-refractivity contribution is 6.09. The molecule has 13 rings (SSSR count). The SMILES string of the molecule is C=Cc1oc2c(ccc3ccccc32)c1/C=C/c1ccccc1N(c1cccc(-c2ccc3ccccc3c2)c1)c1ccc2c(c1)C1(c3ccccc3-c3ccccc31)c1ccccc1-2. The van der Waals surface area contributed by atoms with Gasteiger partial charge in [0, 0.05) is 27.7 Å². The number of furan rings is 1. The smallest absolute Gasteiger partial charge is 0.143 e. The average molecular weight is 828 g/mol. The molecular formula is C63H41NO. The van der Waals surface area contributed by atoms with E-state index in [-0.39, 0.29) is 0 Å². The molecule has 1 aromatic heterocycles. The molecule has 0 saturated heterocycles. The average Bonchev–Trinajstić information content (AvgIpc) is 4.00. The molecule has 0 unspecified atom stereocenters. The second-order valence-electron chi connectivity index (χ2n) is 17.2. The summed E-state index contributed by atoms with van der Waals surface area (Å²) in [5, 5.41) is 5.76. The molecular weight excluding hydrogens is 787 g/mol. The van der Waals surface area contributed by atoms with Crippen molar-refractivity contribution in [2.45, 2.75) is 5.41 Å². The van der Waals surface area contributed by atoms with E-state index in [0.717, 1.165) is 61.3 Å². The van der Waals surface area contributed by atoms with E-state index in [4.69, 9.17) is 4.42 Å². The van der Waals surface area contributed by atoms with Crippen molar-refractivity contribution in [1.29, 1.82) is 0 Å². The van der Waals surface area contributed by atoms with Gasteiger partial charge in [0.25, 0.3) is 0 Å². The van der Waals surface area contributed by atoms with Crippen LogP contribution in [0.2, 0.25) is 0 Å². The molecule has 2 nitrogen and oxygen atoms in total. The zero-order valence-electron chi connectivity index (χ0n) is 35.6. The standard InChI is InChI=1S/C63H41NO/c1-2-61-54(55-36-32-42-17-5-7-22-49(42)62(55)65-61)35-33-43-18-6-14-29-60(43)64(47-21-15-20-45(39-47)46-31-30-41-16-3-4-19-44(41)38-46)48-34-37-53-52-25-10-13-28-58(52)63(59(53)40-48)56-26-11-8-23-50(56)51-24-9-12-27-57(51)63/h2-40H,1H2/b35-33+. The van der Waals surface area contributed by atoms with Crippen molar-refractivity contribution in [2.75, 3.05) is 4.90 Å². The van der Waals surface area contributed by atoms with E-state index in [9.17, 15) is 0 Å². The molecule has 0 N–H and O–H groups in total. The molecule has 1 spiro atoms. The van der Waals surface area contributed by atoms with Gasteiger partial charge in [-0.05, 0) is 132 Å². The topological polar surface area (TPSA) is 16.4 Å². The fourth-order valence-electron chi connectivity index (χ4n) is 11.0. The molecule has 10 aromatic carbocycles. The molecule has 65 heavy (non-hydrogen) atoms. The van der Waals surface area contributed by atoms with E-state index >= 15 is 0 Å². The van der Waals surface area contributed by atoms with Gasteiger partial charge in [-0.3, -0.25) is 0 Å². The van der Waals surface area contributed by atoms with Gasteiger partial charge in [-0.2, -0.15) is 0 Å². The molecule has 0 amide bonds. The maximum atomic E-state index is 6.53. The number of fused-ring (bicyclic) bond motifs is 14. The molecule has 2 aliphatic carbocycles. The third-order valence-electron chi connectivity index (χ3n) is 13.9. The first-order valence-corrected chi connectivity index (χ1v) is 22.4. The number of hydrogen-bond donors (Lipinski definition) is 0. The Hall–Kier alpha value is -8.46. The number of anilines is 3. The van der Waals surface area contributed by atoms with E-state index in [1.54, 1.807) is 0 Å². The zero-order chi connectivity index (χ0) is 43.1. The van der Waals surface area contributed by atoms with Crippen molar-refractivity contribution in [2.24, 2.45) is 0 Å². The Balaban J connectivity index is 1.03. The summed E-state index contributed by atoms with van der Waals surface area (Å²) in [5.41, 5.74) is 18.5. The van der Waals surface area contributed by atoms with Crippen molar-refractivity contribution in [3.8, 4) is 33.4 Å². The van der Waals surface area contributed by atoms with Crippen molar-refractivity contribution >= 4 is 67.8 Å². The fourth-order valence-corrected chi connectivity index (χ4v) is 11.0. The van der Waals surface area contributed by atoms with Gasteiger partial charge in [0.1, 0.15) is 11.3 Å². The van der Waals surface area contributed by atoms with Crippen LogP contribution in [0.1, 0.15) is 39.1 Å². The summed E-state index contributed by atoms with van der Waals surface area (Å²) in [5.74, 6) is 0.755. The van der Waals surface area contributed by atoms with Gasteiger partial charge in [-0.25, -0.2) is 0 Å². The van der Waals surface area contributed by atoms with Gasteiger partial charge < -0.3 is 9.32 Å². The summed E-state index contributed by atoms with van der Waals surface area (Å²) in [6.45, 7) is 4.16. The van der Waals surface area contributed by atoms with Crippen molar-refractivity contribution in [3.63, 3.8) is 0 Å². The molecule has 0 bridgehead atoms. The van der Waals surface area contributed by atoms with Crippen LogP contribution in [0.15, 0.2) is 229 Å². The van der Waals surface area contributed by atoms with E-state index < -0.39 is 5.41 Å². The summed E-state index contributed by atoms with van der Waals surface area (Å²) >= 11 is 0. The first kappa shape index (κ1) is 37.1. The molecule has 11 aromatic rings. The first-order valence-electron chi connectivity index (χ1n) is 22.4. The lowest BCUT2D eigenvalue weighted by Gasteiger charge is -2.32. The van der Waals surface area contributed by atoms with Crippen LogP contribution in [-0.4, -0.2) is 0 Å². The Morgan fingerprint density at radius 1 is 0.415 bits per heavy atom. The van der Waals surface area contributed by atoms with Crippen LogP contribution in [0.25, 0.3) is 84.1 Å². The monoisotopic (exact) mass is 827 g/mol. The van der Waals surface area contributed by atoms with Gasteiger partial charge >= 0.3 is 0 Å².